The molecule has 262 valence electrons. The molecule has 0 fully saturated rings. The summed E-state index contributed by atoms with van der Waals surface area (Å²) in [4.78, 5) is 143. The van der Waals surface area contributed by atoms with E-state index >= 15 is 0 Å². The van der Waals surface area contributed by atoms with E-state index in [1.54, 1.807) is 0 Å². The quantitative estimate of drug-likeness (QED) is 0.0773. The van der Waals surface area contributed by atoms with Gasteiger partial charge in [-0.3, -0.25) is 0 Å². The zero-order valence-corrected chi connectivity index (χ0v) is 28.9. The molecule has 0 radical (unpaired) electrons. The summed E-state index contributed by atoms with van der Waals surface area (Å²) >= 11 is 30.5. The van der Waals surface area contributed by atoms with Gasteiger partial charge in [-0.05, 0) is 24.3 Å². The summed E-state index contributed by atoms with van der Waals surface area (Å²) in [6.45, 7) is 0. The molecule has 0 atom stereocenters. The number of carbonyl (C=O) groups excluding carboxylic acids is 12. The summed E-state index contributed by atoms with van der Waals surface area (Å²) in [5.41, 5.74) is -16.1. The van der Waals surface area contributed by atoms with Crippen molar-refractivity contribution in [3.8, 4) is 0 Å². The molecular formula is C24H4Cl6O18S2. The highest BCUT2D eigenvalue weighted by molar-refractivity contribution is 8.76. The van der Waals surface area contributed by atoms with Gasteiger partial charge in [0.15, 0.2) is 0 Å². The fourth-order valence-corrected chi connectivity index (χ4v) is 6.23. The topological polar surface area (TPSA) is 260 Å². The third-order valence-corrected chi connectivity index (χ3v) is 7.78. The first-order valence-electron chi connectivity index (χ1n) is 11.4. The molecule has 0 spiro atoms. The molecule has 0 unspecified atom stereocenters. The average molecular weight is 857 g/mol. The van der Waals surface area contributed by atoms with Crippen LogP contribution in [-0.4, -0.2) is 68.4 Å². The zero-order chi connectivity index (χ0) is 38.0. The molecular weight excluding hydrogens is 853 g/mol. The van der Waals surface area contributed by atoms with Gasteiger partial charge in [0.25, 0.3) is 0 Å². The van der Waals surface area contributed by atoms with Crippen molar-refractivity contribution in [1.82, 2.24) is 0 Å². The SMILES string of the molecule is O=C(Cl)OC(=O)c1cc(C(=O)OC(=O)Cl)c(SSc2c(C(=O)OC(=O)Cl)cc(C(=O)OC(=O)Cl)cc2C(=O)OC(=O)Cl)c(C(=O)OC(=O)Cl)c1. The predicted molar refractivity (Wildman–Crippen MR) is 165 cm³/mol. The van der Waals surface area contributed by atoms with E-state index in [9.17, 15) is 57.5 Å². The number of esters is 6. The maximum atomic E-state index is 12.9. The minimum absolute atomic E-state index is 0.116. The second-order valence-corrected chi connectivity index (χ2v) is 11.7. The van der Waals surface area contributed by atoms with Crippen molar-refractivity contribution in [1.29, 1.82) is 0 Å². The van der Waals surface area contributed by atoms with Gasteiger partial charge in [-0.2, -0.15) is 0 Å². The van der Waals surface area contributed by atoms with Crippen LogP contribution in [0.4, 0.5) is 28.8 Å². The van der Waals surface area contributed by atoms with Crippen molar-refractivity contribution in [3.05, 3.63) is 57.6 Å². The Kier molecular flexibility index (Phi) is 15.6. The molecule has 50 heavy (non-hydrogen) atoms. The van der Waals surface area contributed by atoms with Crippen LogP contribution >= 0.6 is 91.2 Å². The molecule has 0 saturated carbocycles. The number of benzene rings is 2. The standard InChI is InChI=1S/C24H4Cl6O18S2/c25-19(37)43-13(31)5-1-7(15(33)45-21(27)39)11(8(2-5)16(34)46-22(28)40)49-50-12-9(17(35)47-23(29)41)3-6(14(32)44-20(26)38)4-10(12)18(36)48-24(30)42/h1-4H. The van der Waals surface area contributed by atoms with Gasteiger partial charge >= 0.3 is 68.4 Å². The molecule has 0 bridgehead atoms. The van der Waals surface area contributed by atoms with Gasteiger partial charge < -0.3 is 28.4 Å². The van der Waals surface area contributed by atoms with Crippen LogP contribution in [0.15, 0.2) is 34.1 Å². The Hall–Kier alpha value is -4.28. The molecule has 0 aliphatic rings. The molecule has 0 saturated heterocycles. The minimum Gasteiger partial charge on any atom is -0.377 e. The Morgan fingerprint density at radius 2 is 0.520 bits per heavy atom. The van der Waals surface area contributed by atoms with E-state index in [0.717, 1.165) is 0 Å². The Morgan fingerprint density at radius 3 is 0.700 bits per heavy atom. The smallest absolute Gasteiger partial charge is 0.377 e. The third kappa shape index (κ3) is 12.2. The first-order valence-corrected chi connectivity index (χ1v) is 15.8. The first-order chi connectivity index (χ1) is 23.2. The van der Waals surface area contributed by atoms with Crippen LogP contribution in [0.25, 0.3) is 0 Å². The summed E-state index contributed by atoms with van der Waals surface area (Å²) in [7, 11) is 0.232. The first kappa shape index (κ1) is 41.9. The number of carbonyl (C=O) groups is 12. The number of rotatable bonds is 9. The van der Waals surface area contributed by atoms with E-state index in [4.69, 9.17) is 69.6 Å². The van der Waals surface area contributed by atoms with Gasteiger partial charge in [0.1, 0.15) is 0 Å². The van der Waals surface area contributed by atoms with Gasteiger partial charge in [0.05, 0.1) is 33.4 Å². The fraction of sp³-hybridized carbons (Fsp3) is 0. The molecule has 0 amide bonds. The molecule has 0 aliphatic heterocycles. The number of hydrogen-bond acceptors (Lipinski definition) is 20. The van der Waals surface area contributed by atoms with Gasteiger partial charge in [0.2, 0.25) is 0 Å². The normalized spacial score (nSPS) is 10.1. The van der Waals surface area contributed by atoms with E-state index in [1.807, 2.05) is 0 Å². The van der Waals surface area contributed by atoms with Crippen LogP contribution in [0.3, 0.4) is 0 Å². The number of ether oxygens (including phenoxy) is 6. The average Bonchev–Trinajstić information content (AvgIpc) is 2.97. The van der Waals surface area contributed by atoms with E-state index in [1.165, 1.54) is 0 Å². The molecule has 26 heteroatoms. The lowest BCUT2D eigenvalue weighted by Gasteiger charge is -2.16. The molecule has 0 N–H and O–H groups in total. The van der Waals surface area contributed by atoms with Crippen LogP contribution < -0.4 is 0 Å². The lowest BCUT2D eigenvalue weighted by Crippen LogP contribution is -2.17. The minimum atomic E-state index is -1.77. The monoisotopic (exact) mass is 854 g/mol. The maximum Gasteiger partial charge on any atom is 0.411 e. The molecule has 2 rings (SSSR count). The van der Waals surface area contributed by atoms with Crippen molar-refractivity contribution < 1.29 is 86.0 Å². The van der Waals surface area contributed by atoms with Crippen molar-refractivity contribution in [2.75, 3.05) is 0 Å². The van der Waals surface area contributed by atoms with Crippen molar-refractivity contribution in [2.45, 2.75) is 9.79 Å². The molecule has 0 heterocycles. The summed E-state index contributed by atoms with van der Waals surface area (Å²) in [5.74, 6) is -10.2. The number of halogens is 6. The van der Waals surface area contributed by atoms with E-state index in [0.29, 0.717) is 24.3 Å². The highest BCUT2D eigenvalue weighted by Gasteiger charge is 2.32. The lowest BCUT2D eigenvalue weighted by molar-refractivity contribution is 0.0623. The molecule has 0 aromatic heterocycles. The zero-order valence-electron chi connectivity index (χ0n) is 22.7. The van der Waals surface area contributed by atoms with Crippen LogP contribution in [0, 0.1) is 0 Å². The molecule has 18 nitrogen and oxygen atoms in total. The highest BCUT2D eigenvalue weighted by atomic mass is 35.5. The third-order valence-electron chi connectivity index (χ3n) is 4.77. The molecule has 2 aromatic carbocycles. The fourth-order valence-electron chi connectivity index (χ4n) is 3.14. The summed E-state index contributed by atoms with van der Waals surface area (Å²) < 4.78 is 25.5. The predicted octanol–water partition coefficient (Wildman–Crippen LogP) is 7.58. The van der Waals surface area contributed by atoms with Crippen LogP contribution in [0.2, 0.25) is 0 Å². The van der Waals surface area contributed by atoms with Crippen LogP contribution in [0.1, 0.15) is 62.1 Å². The number of hydrogen-bond donors (Lipinski definition) is 0. The van der Waals surface area contributed by atoms with Crippen molar-refractivity contribution >= 4 is 160 Å². The molecule has 0 aliphatic carbocycles. The van der Waals surface area contributed by atoms with E-state index < -0.39 is 112 Å². The Morgan fingerprint density at radius 1 is 0.340 bits per heavy atom. The molecule has 2 aromatic rings. The Balaban J connectivity index is 3.00. The van der Waals surface area contributed by atoms with Gasteiger partial charge in [0, 0.05) is 79.4 Å². The van der Waals surface area contributed by atoms with Gasteiger partial charge in [-0.1, -0.05) is 21.6 Å². The highest BCUT2D eigenvalue weighted by Crippen LogP contribution is 2.45. The van der Waals surface area contributed by atoms with Crippen LogP contribution in [0.5, 0.6) is 0 Å². The lowest BCUT2D eigenvalue weighted by atomic mass is 10.1. The van der Waals surface area contributed by atoms with E-state index in [2.05, 4.69) is 28.4 Å². The van der Waals surface area contributed by atoms with E-state index in [-0.39, 0.29) is 21.6 Å². The summed E-state index contributed by atoms with van der Waals surface area (Å²) in [6, 6.07) is 2.16. The second kappa shape index (κ2) is 18.6. The summed E-state index contributed by atoms with van der Waals surface area (Å²) in [5, 5.41) is 0. The Labute approximate surface area is 311 Å². The van der Waals surface area contributed by atoms with Crippen molar-refractivity contribution in [2.24, 2.45) is 0 Å². The Bertz CT molecular complexity index is 1680. The van der Waals surface area contributed by atoms with Crippen molar-refractivity contribution in [3.63, 3.8) is 0 Å². The second-order valence-electron chi connectivity index (χ2n) is 7.73. The van der Waals surface area contributed by atoms with Crippen LogP contribution in [-0.2, 0) is 28.4 Å². The maximum absolute atomic E-state index is 12.9. The van der Waals surface area contributed by atoms with Gasteiger partial charge in [-0.15, -0.1) is 0 Å². The summed E-state index contributed by atoms with van der Waals surface area (Å²) in [6.07, 6.45) is 0. The van der Waals surface area contributed by atoms with Gasteiger partial charge in [-0.25, -0.2) is 57.5 Å². The largest absolute Gasteiger partial charge is 0.411 e.